The molecule has 1 heterocycles. The van der Waals surface area contributed by atoms with Gasteiger partial charge in [-0.1, -0.05) is 20.8 Å². The van der Waals surface area contributed by atoms with Gasteiger partial charge in [-0.3, -0.25) is 4.79 Å². The fraction of sp³-hybridized carbons (Fsp3) is 0.615. The standard InChI is InChI=1S/C13H21NO2S/c1-9-7-10(17-8-9)12(16)14-6-5-11(15)13(2,3)4/h7-8,11,15H,5-6H2,1-4H3,(H,14,16)/t11-/m1/s1. The summed E-state index contributed by atoms with van der Waals surface area (Å²) in [7, 11) is 0. The molecule has 0 aliphatic carbocycles. The van der Waals surface area contributed by atoms with E-state index in [4.69, 9.17) is 0 Å². The van der Waals surface area contributed by atoms with Crippen molar-refractivity contribution < 1.29 is 9.90 Å². The van der Waals surface area contributed by atoms with Crippen molar-refractivity contribution in [2.75, 3.05) is 6.54 Å². The van der Waals surface area contributed by atoms with E-state index < -0.39 is 6.10 Å². The van der Waals surface area contributed by atoms with E-state index in [2.05, 4.69) is 5.32 Å². The SMILES string of the molecule is Cc1csc(C(=O)NCC[C@@H](O)C(C)(C)C)c1. The first-order chi connectivity index (χ1) is 7.80. The van der Waals surface area contributed by atoms with Crippen LogP contribution in [0.2, 0.25) is 0 Å². The summed E-state index contributed by atoms with van der Waals surface area (Å²) < 4.78 is 0. The monoisotopic (exact) mass is 255 g/mol. The van der Waals surface area contributed by atoms with Gasteiger partial charge < -0.3 is 10.4 Å². The van der Waals surface area contributed by atoms with Crippen LogP contribution in [0, 0.1) is 12.3 Å². The van der Waals surface area contributed by atoms with Crippen LogP contribution < -0.4 is 5.32 Å². The number of hydrogen-bond acceptors (Lipinski definition) is 3. The van der Waals surface area contributed by atoms with Gasteiger partial charge in [0.25, 0.3) is 5.91 Å². The largest absolute Gasteiger partial charge is 0.393 e. The van der Waals surface area contributed by atoms with Crippen LogP contribution in [0.3, 0.4) is 0 Å². The summed E-state index contributed by atoms with van der Waals surface area (Å²) in [4.78, 5) is 12.4. The lowest BCUT2D eigenvalue weighted by Gasteiger charge is -2.25. The zero-order valence-corrected chi connectivity index (χ0v) is 11.7. The average Bonchev–Trinajstić information content (AvgIpc) is 2.63. The Labute approximate surface area is 107 Å². The van der Waals surface area contributed by atoms with Gasteiger partial charge in [0, 0.05) is 6.54 Å². The Morgan fingerprint density at radius 1 is 1.53 bits per heavy atom. The van der Waals surface area contributed by atoms with Gasteiger partial charge >= 0.3 is 0 Å². The molecule has 0 saturated carbocycles. The van der Waals surface area contributed by atoms with Gasteiger partial charge in [0.2, 0.25) is 0 Å². The Bertz CT molecular complexity index is 379. The minimum atomic E-state index is -0.395. The highest BCUT2D eigenvalue weighted by atomic mass is 32.1. The third-order valence-corrected chi connectivity index (χ3v) is 3.70. The van der Waals surface area contributed by atoms with Crippen molar-refractivity contribution >= 4 is 17.2 Å². The van der Waals surface area contributed by atoms with E-state index in [1.165, 1.54) is 11.3 Å². The number of thiophene rings is 1. The Balaban J connectivity index is 2.35. The van der Waals surface area contributed by atoms with Crippen LogP contribution >= 0.6 is 11.3 Å². The van der Waals surface area contributed by atoms with Crippen molar-refractivity contribution in [1.82, 2.24) is 5.32 Å². The number of aliphatic hydroxyl groups excluding tert-OH is 1. The van der Waals surface area contributed by atoms with Crippen molar-refractivity contribution in [3.63, 3.8) is 0 Å². The Morgan fingerprint density at radius 3 is 2.65 bits per heavy atom. The van der Waals surface area contributed by atoms with Crippen molar-refractivity contribution in [2.24, 2.45) is 5.41 Å². The molecule has 17 heavy (non-hydrogen) atoms. The summed E-state index contributed by atoms with van der Waals surface area (Å²) in [5.74, 6) is -0.0517. The molecule has 0 saturated heterocycles. The summed E-state index contributed by atoms with van der Waals surface area (Å²) in [6.45, 7) is 8.44. The van der Waals surface area contributed by atoms with Crippen LogP contribution in [0.5, 0.6) is 0 Å². The highest BCUT2D eigenvalue weighted by Gasteiger charge is 2.21. The lowest BCUT2D eigenvalue weighted by atomic mass is 9.87. The Morgan fingerprint density at radius 2 is 2.18 bits per heavy atom. The number of amides is 1. The lowest BCUT2D eigenvalue weighted by molar-refractivity contribution is 0.0551. The molecule has 0 radical (unpaired) electrons. The molecule has 2 N–H and O–H groups in total. The molecule has 1 aromatic rings. The van der Waals surface area contributed by atoms with Gasteiger partial charge in [0.15, 0.2) is 0 Å². The third kappa shape index (κ3) is 4.48. The summed E-state index contributed by atoms with van der Waals surface area (Å²) in [6, 6.07) is 1.88. The van der Waals surface area contributed by atoms with Crippen molar-refractivity contribution in [2.45, 2.75) is 40.2 Å². The molecule has 1 rings (SSSR count). The first-order valence-electron chi connectivity index (χ1n) is 5.82. The Kier molecular flexibility index (Phi) is 4.71. The molecular formula is C13H21NO2S. The molecule has 96 valence electrons. The molecule has 1 atom stereocenters. The molecular weight excluding hydrogens is 234 g/mol. The molecule has 0 aromatic carbocycles. The molecule has 0 spiro atoms. The van der Waals surface area contributed by atoms with Gasteiger partial charge in [0.1, 0.15) is 0 Å². The quantitative estimate of drug-likeness (QED) is 0.868. The number of carbonyl (C=O) groups excluding carboxylic acids is 1. The molecule has 0 unspecified atom stereocenters. The average molecular weight is 255 g/mol. The van der Waals surface area contributed by atoms with E-state index >= 15 is 0 Å². The first kappa shape index (κ1) is 14.2. The third-order valence-electron chi connectivity index (χ3n) is 2.66. The zero-order valence-electron chi connectivity index (χ0n) is 10.9. The number of rotatable bonds is 4. The van der Waals surface area contributed by atoms with E-state index in [0.29, 0.717) is 13.0 Å². The second-order valence-electron chi connectivity index (χ2n) is 5.41. The van der Waals surface area contributed by atoms with Crippen molar-refractivity contribution in [3.8, 4) is 0 Å². The summed E-state index contributed by atoms with van der Waals surface area (Å²) in [5, 5.41) is 14.6. The summed E-state index contributed by atoms with van der Waals surface area (Å²) in [6.07, 6.45) is 0.187. The topological polar surface area (TPSA) is 49.3 Å². The molecule has 0 bridgehead atoms. The molecule has 1 aromatic heterocycles. The zero-order chi connectivity index (χ0) is 13.1. The molecule has 3 nitrogen and oxygen atoms in total. The van der Waals surface area contributed by atoms with E-state index in [-0.39, 0.29) is 11.3 Å². The number of aryl methyl sites for hydroxylation is 1. The van der Waals surface area contributed by atoms with Gasteiger partial charge in [-0.05, 0) is 35.8 Å². The lowest BCUT2D eigenvalue weighted by Crippen LogP contribution is -2.32. The van der Waals surface area contributed by atoms with Gasteiger partial charge in [0.05, 0.1) is 11.0 Å². The molecule has 0 fully saturated rings. The fourth-order valence-electron chi connectivity index (χ4n) is 1.39. The van der Waals surface area contributed by atoms with Crippen LogP contribution in [-0.2, 0) is 0 Å². The van der Waals surface area contributed by atoms with Crippen LogP contribution in [0.15, 0.2) is 11.4 Å². The minimum absolute atomic E-state index is 0.0517. The highest BCUT2D eigenvalue weighted by molar-refractivity contribution is 7.12. The van der Waals surface area contributed by atoms with E-state index in [1.54, 1.807) is 0 Å². The van der Waals surface area contributed by atoms with Gasteiger partial charge in [-0.15, -0.1) is 11.3 Å². The maximum atomic E-state index is 11.7. The van der Waals surface area contributed by atoms with Crippen molar-refractivity contribution in [1.29, 1.82) is 0 Å². The molecule has 0 aliphatic rings. The van der Waals surface area contributed by atoms with E-state index in [1.807, 2.05) is 39.1 Å². The second-order valence-corrected chi connectivity index (χ2v) is 6.33. The van der Waals surface area contributed by atoms with E-state index in [9.17, 15) is 9.90 Å². The maximum absolute atomic E-state index is 11.7. The maximum Gasteiger partial charge on any atom is 0.261 e. The van der Waals surface area contributed by atoms with Gasteiger partial charge in [-0.2, -0.15) is 0 Å². The summed E-state index contributed by atoms with van der Waals surface area (Å²) in [5.41, 5.74) is 0.972. The van der Waals surface area contributed by atoms with Crippen LogP contribution in [0.1, 0.15) is 42.4 Å². The fourth-order valence-corrected chi connectivity index (χ4v) is 2.21. The Hall–Kier alpha value is -0.870. The smallest absolute Gasteiger partial charge is 0.261 e. The predicted molar refractivity (Wildman–Crippen MR) is 71.5 cm³/mol. The summed E-state index contributed by atoms with van der Waals surface area (Å²) >= 11 is 1.45. The van der Waals surface area contributed by atoms with Crippen LogP contribution in [0.25, 0.3) is 0 Å². The number of nitrogens with one attached hydrogen (secondary N) is 1. The highest BCUT2D eigenvalue weighted by Crippen LogP contribution is 2.21. The number of aliphatic hydroxyl groups is 1. The normalized spacial score (nSPS) is 13.5. The minimum Gasteiger partial charge on any atom is -0.393 e. The predicted octanol–water partition coefficient (Wildman–Crippen LogP) is 2.58. The number of carbonyl (C=O) groups is 1. The van der Waals surface area contributed by atoms with E-state index in [0.717, 1.165) is 10.4 Å². The molecule has 1 amide bonds. The van der Waals surface area contributed by atoms with Crippen molar-refractivity contribution in [3.05, 3.63) is 21.9 Å². The molecule has 0 aliphatic heterocycles. The van der Waals surface area contributed by atoms with Crippen LogP contribution in [-0.4, -0.2) is 23.7 Å². The van der Waals surface area contributed by atoms with Gasteiger partial charge in [-0.25, -0.2) is 0 Å². The molecule has 4 heteroatoms. The second kappa shape index (κ2) is 5.65. The van der Waals surface area contributed by atoms with Crippen LogP contribution in [0.4, 0.5) is 0 Å². The first-order valence-corrected chi connectivity index (χ1v) is 6.70. The number of hydrogen-bond donors (Lipinski definition) is 2.